The van der Waals surface area contributed by atoms with Gasteiger partial charge < -0.3 is 23.7 Å². The van der Waals surface area contributed by atoms with Crippen LogP contribution >= 0.6 is 0 Å². The van der Waals surface area contributed by atoms with Gasteiger partial charge in [-0.05, 0) is 18.2 Å². The Morgan fingerprint density at radius 1 is 0.862 bits per heavy atom. The van der Waals surface area contributed by atoms with Crippen LogP contribution in [0.5, 0.6) is 23.0 Å². The SMILES string of the molecule is COC(=O)c1cc(-c2cnnn2-c2cc(OC)c(OC)c(OC)c2)ccc1OC. The molecule has 1 heterocycles. The van der Waals surface area contributed by atoms with Gasteiger partial charge in [0.1, 0.15) is 11.3 Å². The summed E-state index contributed by atoms with van der Waals surface area (Å²) in [7, 11) is 7.41. The molecule has 9 heteroatoms. The van der Waals surface area contributed by atoms with Crippen molar-refractivity contribution in [3.05, 3.63) is 42.1 Å². The molecule has 0 N–H and O–H groups in total. The molecule has 0 unspecified atom stereocenters. The highest BCUT2D eigenvalue weighted by Crippen LogP contribution is 2.40. The van der Waals surface area contributed by atoms with Crippen molar-refractivity contribution in [3.63, 3.8) is 0 Å². The van der Waals surface area contributed by atoms with E-state index in [-0.39, 0.29) is 0 Å². The molecule has 9 nitrogen and oxygen atoms in total. The lowest BCUT2D eigenvalue weighted by Gasteiger charge is -2.15. The Hall–Kier alpha value is -3.75. The maximum atomic E-state index is 12.1. The van der Waals surface area contributed by atoms with Gasteiger partial charge in [-0.1, -0.05) is 5.21 Å². The average molecular weight is 399 g/mol. The number of esters is 1. The molecule has 3 aromatic rings. The lowest BCUT2D eigenvalue weighted by Crippen LogP contribution is -2.06. The number of rotatable bonds is 7. The van der Waals surface area contributed by atoms with Crippen LogP contribution in [0.15, 0.2) is 36.5 Å². The van der Waals surface area contributed by atoms with Crippen molar-refractivity contribution in [1.82, 2.24) is 15.0 Å². The number of methoxy groups -OCH3 is 5. The fraction of sp³-hybridized carbons (Fsp3) is 0.250. The Labute approximate surface area is 167 Å². The zero-order valence-corrected chi connectivity index (χ0v) is 16.8. The number of hydrogen-bond acceptors (Lipinski definition) is 8. The van der Waals surface area contributed by atoms with Crippen molar-refractivity contribution in [2.24, 2.45) is 0 Å². The van der Waals surface area contributed by atoms with Crippen molar-refractivity contribution in [2.45, 2.75) is 0 Å². The first-order valence-corrected chi connectivity index (χ1v) is 8.55. The molecule has 3 rings (SSSR count). The topological polar surface area (TPSA) is 93.9 Å². The Morgan fingerprint density at radius 2 is 1.52 bits per heavy atom. The average Bonchev–Trinajstić information content (AvgIpc) is 3.26. The minimum atomic E-state index is -0.504. The van der Waals surface area contributed by atoms with E-state index in [2.05, 4.69) is 10.3 Å². The summed E-state index contributed by atoms with van der Waals surface area (Å²) in [5.74, 6) is 1.34. The normalized spacial score (nSPS) is 10.4. The lowest BCUT2D eigenvalue weighted by molar-refractivity contribution is 0.0597. The molecule has 0 radical (unpaired) electrons. The first-order valence-electron chi connectivity index (χ1n) is 8.55. The maximum absolute atomic E-state index is 12.1. The van der Waals surface area contributed by atoms with E-state index in [1.807, 2.05) is 0 Å². The van der Waals surface area contributed by atoms with E-state index in [4.69, 9.17) is 23.7 Å². The third kappa shape index (κ3) is 3.66. The number of benzene rings is 2. The highest BCUT2D eigenvalue weighted by atomic mass is 16.5. The molecule has 0 amide bonds. The van der Waals surface area contributed by atoms with Crippen molar-refractivity contribution in [3.8, 4) is 39.9 Å². The van der Waals surface area contributed by atoms with Gasteiger partial charge in [-0.25, -0.2) is 9.48 Å². The van der Waals surface area contributed by atoms with E-state index < -0.39 is 5.97 Å². The molecule has 0 saturated carbocycles. The van der Waals surface area contributed by atoms with Gasteiger partial charge >= 0.3 is 5.97 Å². The van der Waals surface area contributed by atoms with Gasteiger partial charge in [-0.15, -0.1) is 5.10 Å². The zero-order chi connectivity index (χ0) is 21.0. The predicted octanol–water partition coefficient (Wildman–Crippen LogP) is 2.76. The van der Waals surface area contributed by atoms with Crippen molar-refractivity contribution in [2.75, 3.05) is 35.5 Å². The van der Waals surface area contributed by atoms with Gasteiger partial charge in [-0.2, -0.15) is 0 Å². The van der Waals surface area contributed by atoms with E-state index in [9.17, 15) is 4.79 Å². The summed E-state index contributed by atoms with van der Waals surface area (Å²) >= 11 is 0. The van der Waals surface area contributed by atoms with Crippen molar-refractivity contribution >= 4 is 5.97 Å². The second kappa shape index (κ2) is 8.51. The molecule has 0 fully saturated rings. The van der Waals surface area contributed by atoms with E-state index in [1.54, 1.807) is 41.2 Å². The van der Waals surface area contributed by atoms with Crippen LogP contribution in [0.25, 0.3) is 16.9 Å². The second-order valence-corrected chi connectivity index (χ2v) is 5.82. The number of hydrogen-bond donors (Lipinski definition) is 0. The van der Waals surface area contributed by atoms with E-state index in [0.29, 0.717) is 45.5 Å². The first kappa shape index (κ1) is 20.0. The predicted molar refractivity (Wildman–Crippen MR) is 104 cm³/mol. The number of ether oxygens (including phenoxy) is 5. The maximum Gasteiger partial charge on any atom is 0.341 e. The fourth-order valence-corrected chi connectivity index (χ4v) is 2.95. The van der Waals surface area contributed by atoms with Crippen LogP contribution in [0.4, 0.5) is 0 Å². The van der Waals surface area contributed by atoms with Crippen LogP contribution in [0.1, 0.15) is 10.4 Å². The molecule has 0 aliphatic heterocycles. The lowest BCUT2D eigenvalue weighted by atomic mass is 10.1. The third-order valence-electron chi connectivity index (χ3n) is 4.34. The Balaban J connectivity index is 2.15. The first-order chi connectivity index (χ1) is 14.1. The molecule has 0 saturated heterocycles. The van der Waals surface area contributed by atoms with Crippen LogP contribution in [-0.2, 0) is 4.74 Å². The Morgan fingerprint density at radius 3 is 2.07 bits per heavy atom. The van der Waals surface area contributed by atoms with Gasteiger partial charge in [0.15, 0.2) is 11.5 Å². The summed E-state index contributed by atoms with van der Waals surface area (Å²) in [5.41, 5.74) is 2.28. The molecule has 1 aromatic heterocycles. The van der Waals surface area contributed by atoms with E-state index in [1.165, 1.54) is 35.5 Å². The van der Waals surface area contributed by atoms with Gasteiger partial charge in [0.2, 0.25) is 5.75 Å². The van der Waals surface area contributed by atoms with Crippen LogP contribution in [0.2, 0.25) is 0 Å². The molecule has 0 aliphatic rings. The molecule has 29 heavy (non-hydrogen) atoms. The summed E-state index contributed by atoms with van der Waals surface area (Å²) in [6.45, 7) is 0. The van der Waals surface area contributed by atoms with Gasteiger partial charge in [0, 0.05) is 17.7 Å². The zero-order valence-electron chi connectivity index (χ0n) is 16.8. The van der Waals surface area contributed by atoms with Crippen molar-refractivity contribution in [1.29, 1.82) is 0 Å². The molecular formula is C20H21N3O6. The summed E-state index contributed by atoms with van der Waals surface area (Å²) in [5, 5.41) is 8.19. The molecule has 152 valence electrons. The quantitative estimate of drug-likeness (QED) is 0.560. The van der Waals surface area contributed by atoms with E-state index in [0.717, 1.165) is 0 Å². The number of aromatic nitrogens is 3. The van der Waals surface area contributed by atoms with Crippen LogP contribution < -0.4 is 18.9 Å². The van der Waals surface area contributed by atoms with Crippen LogP contribution in [0, 0.1) is 0 Å². The molecule has 2 aromatic carbocycles. The van der Waals surface area contributed by atoms with Crippen molar-refractivity contribution < 1.29 is 28.5 Å². The summed E-state index contributed by atoms with van der Waals surface area (Å²) in [4.78, 5) is 12.1. The number of nitrogens with zero attached hydrogens (tertiary/aromatic N) is 3. The minimum absolute atomic E-state index is 0.296. The minimum Gasteiger partial charge on any atom is -0.496 e. The Kier molecular flexibility index (Phi) is 5.87. The number of carbonyl (C=O) groups excluding carboxylic acids is 1. The summed E-state index contributed by atoms with van der Waals surface area (Å²) in [6.07, 6.45) is 1.59. The van der Waals surface area contributed by atoms with Gasteiger partial charge in [-0.3, -0.25) is 0 Å². The molecule has 0 atom stereocenters. The summed E-state index contributed by atoms with van der Waals surface area (Å²) < 4.78 is 27.9. The van der Waals surface area contributed by atoms with E-state index >= 15 is 0 Å². The fourth-order valence-electron chi connectivity index (χ4n) is 2.95. The van der Waals surface area contributed by atoms with Gasteiger partial charge in [0.05, 0.1) is 53.1 Å². The second-order valence-electron chi connectivity index (χ2n) is 5.82. The molecule has 0 bridgehead atoms. The molecule has 0 spiro atoms. The van der Waals surface area contributed by atoms with Crippen LogP contribution in [0.3, 0.4) is 0 Å². The van der Waals surface area contributed by atoms with Crippen LogP contribution in [-0.4, -0.2) is 56.5 Å². The number of carbonyl (C=O) groups is 1. The Bertz CT molecular complexity index is 1010. The highest BCUT2D eigenvalue weighted by molar-refractivity contribution is 5.94. The largest absolute Gasteiger partial charge is 0.496 e. The smallest absolute Gasteiger partial charge is 0.341 e. The highest BCUT2D eigenvalue weighted by Gasteiger charge is 2.19. The standard InChI is InChI=1S/C20H21N3O6/c1-25-16-7-6-12(8-14(16)20(24)29-5)15-11-21-22-23(15)13-9-17(26-2)19(28-4)18(10-13)27-3/h6-11H,1-5H3. The van der Waals surface area contributed by atoms with Gasteiger partial charge in [0.25, 0.3) is 0 Å². The monoisotopic (exact) mass is 399 g/mol. The summed E-state index contributed by atoms with van der Waals surface area (Å²) in [6, 6.07) is 8.67. The molecular weight excluding hydrogens is 378 g/mol. The third-order valence-corrected chi connectivity index (χ3v) is 4.34. The molecule has 0 aliphatic carbocycles.